The number of aromatic nitrogens is 3. The van der Waals surface area contributed by atoms with Crippen LogP contribution in [0, 0.1) is 0 Å². The summed E-state index contributed by atoms with van der Waals surface area (Å²) in [6.45, 7) is 6.54. The van der Waals surface area contributed by atoms with Crippen LogP contribution in [0.25, 0.3) is 11.6 Å². The molecular weight excluding hydrogens is 448 g/mol. The lowest BCUT2D eigenvalue weighted by Gasteiger charge is -2.14. The molecule has 3 aromatic rings. The lowest BCUT2D eigenvalue weighted by Crippen LogP contribution is -2.24. The first-order valence-corrected chi connectivity index (χ1v) is 12.5. The number of hydrogen-bond acceptors (Lipinski definition) is 8. The number of carbonyl (C=O) groups is 2. The van der Waals surface area contributed by atoms with Crippen molar-refractivity contribution in [2.45, 2.75) is 63.4 Å². The van der Waals surface area contributed by atoms with Gasteiger partial charge in [-0.15, -0.1) is 21.5 Å². The number of anilines is 1. The molecule has 0 fully saturated rings. The number of furan rings is 1. The predicted octanol–water partition coefficient (Wildman–Crippen LogP) is 4.79. The number of thioether (sulfide) groups is 1. The molecule has 3 heterocycles. The minimum absolute atomic E-state index is 0.190. The third-order valence-electron chi connectivity index (χ3n) is 5.31. The summed E-state index contributed by atoms with van der Waals surface area (Å²) in [5.74, 6) is 0.704. The number of carbonyl (C=O) groups excluding carboxylic acids is 2. The van der Waals surface area contributed by atoms with E-state index in [0.717, 1.165) is 31.2 Å². The molecule has 170 valence electrons. The van der Waals surface area contributed by atoms with Gasteiger partial charge in [0.25, 0.3) is 0 Å². The van der Waals surface area contributed by atoms with Crippen molar-refractivity contribution in [3.8, 4) is 11.6 Å². The van der Waals surface area contributed by atoms with Gasteiger partial charge >= 0.3 is 5.97 Å². The zero-order valence-electron chi connectivity index (χ0n) is 18.3. The molecule has 1 aliphatic carbocycles. The molecule has 0 radical (unpaired) electrons. The van der Waals surface area contributed by atoms with Crippen molar-refractivity contribution < 1.29 is 18.7 Å². The van der Waals surface area contributed by atoms with E-state index >= 15 is 0 Å². The third kappa shape index (κ3) is 4.47. The van der Waals surface area contributed by atoms with E-state index in [1.165, 1.54) is 28.0 Å². The van der Waals surface area contributed by atoms with Crippen LogP contribution in [0.4, 0.5) is 5.00 Å². The van der Waals surface area contributed by atoms with Gasteiger partial charge in [0.2, 0.25) is 5.91 Å². The minimum atomic E-state index is -0.442. The molecule has 1 atom stereocenters. The molecule has 0 aliphatic heterocycles. The fraction of sp³-hybridized carbons (Fsp3) is 0.455. The van der Waals surface area contributed by atoms with Gasteiger partial charge in [0.05, 0.1) is 23.7 Å². The topological polar surface area (TPSA) is 99.2 Å². The number of hydrogen-bond donors (Lipinski definition) is 1. The van der Waals surface area contributed by atoms with Gasteiger partial charge in [-0.05, 0) is 64.2 Å². The quantitative estimate of drug-likeness (QED) is 0.370. The summed E-state index contributed by atoms with van der Waals surface area (Å²) in [5, 5.41) is 12.3. The largest absolute Gasteiger partial charge is 0.462 e. The van der Waals surface area contributed by atoms with E-state index in [2.05, 4.69) is 15.5 Å². The van der Waals surface area contributed by atoms with Crippen LogP contribution in [0.5, 0.6) is 0 Å². The minimum Gasteiger partial charge on any atom is -0.462 e. The van der Waals surface area contributed by atoms with Gasteiger partial charge in [0.1, 0.15) is 5.00 Å². The van der Waals surface area contributed by atoms with Crippen LogP contribution < -0.4 is 5.32 Å². The van der Waals surface area contributed by atoms with E-state index in [1.54, 1.807) is 19.3 Å². The molecule has 1 unspecified atom stereocenters. The first kappa shape index (κ1) is 22.6. The maximum atomic E-state index is 13.0. The standard InChI is InChI=1S/C22H26N4O4S2/c1-4-26-18(15-10-8-12-30-15)24-25-22(26)31-13(3)19(27)23-20-17(21(28)29-5-2)14-9-6-7-11-16(14)32-20/h8,10,12-13H,4-7,9,11H2,1-3H3,(H,23,27). The van der Waals surface area contributed by atoms with Crippen molar-refractivity contribution in [2.75, 3.05) is 11.9 Å². The Bertz CT molecular complexity index is 1100. The molecule has 4 rings (SSSR count). The molecule has 0 saturated carbocycles. The summed E-state index contributed by atoms with van der Waals surface area (Å²) in [4.78, 5) is 26.9. The van der Waals surface area contributed by atoms with Crippen molar-refractivity contribution in [1.29, 1.82) is 0 Å². The van der Waals surface area contributed by atoms with Crippen molar-refractivity contribution in [1.82, 2.24) is 14.8 Å². The molecule has 3 aromatic heterocycles. The fourth-order valence-electron chi connectivity index (χ4n) is 3.75. The molecule has 1 amide bonds. The van der Waals surface area contributed by atoms with Crippen LogP contribution in [0.3, 0.4) is 0 Å². The number of rotatable bonds is 8. The molecule has 8 nitrogen and oxygen atoms in total. The van der Waals surface area contributed by atoms with E-state index < -0.39 is 5.25 Å². The number of thiophene rings is 1. The summed E-state index contributed by atoms with van der Waals surface area (Å²) in [6, 6.07) is 3.63. The van der Waals surface area contributed by atoms with Crippen LogP contribution in [0.15, 0.2) is 28.0 Å². The Labute approximate surface area is 194 Å². The number of nitrogens with zero attached hydrogens (tertiary/aromatic N) is 3. The van der Waals surface area contributed by atoms with Crippen LogP contribution in [0.2, 0.25) is 0 Å². The first-order chi connectivity index (χ1) is 15.5. The second-order valence-electron chi connectivity index (χ2n) is 7.41. The summed E-state index contributed by atoms with van der Waals surface area (Å²) >= 11 is 2.81. The van der Waals surface area contributed by atoms with Crippen LogP contribution in [-0.2, 0) is 28.9 Å². The molecule has 0 saturated heterocycles. The second kappa shape index (κ2) is 9.91. The lowest BCUT2D eigenvalue weighted by molar-refractivity contribution is -0.115. The number of amides is 1. The van der Waals surface area contributed by atoms with E-state index in [4.69, 9.17) is 9.15 Å². The SMILES string of the molecule is CCOC(=O)c1c(NC(=O)C(C)Sc2nnc(-c3ccco3)n2CC)sc2c1CCCC2. The van der Waals surface area contributed by atoms with Crippen molar-refractivity contribution in [2.24, 2.45) is 0 Å². The normalized spacial score (nSPS) is 14.1. The molecule has 1 N–H and O–H groups in total. The van der Waals surface area contributed by atoms with E-state index in [9.17, 15) is 9.59 Å². The Morgan fingerprint density at radius 3 is 2.84 bits per heavy atom. The van der Waals surface area contributed by atoms with Gasteiger partial charge in [-0.2, -0.15) is 0 Å². The smallest absolute Gasteiger partial charge is 0.341 e. The molecular formula is C22H26N4O4S2. The average molecular weight is 475 g/mol. The Balaban J connectivity index is 1.53. The monoisotopic (exact) mass is 474 g/mol. The first-order valence-electron chi connectivity index (χ1n) is 10.8. The van der Waals surface area contributed by atoms with E-state index in [0.29, 0.717) is 40.5 Å². The molecule has 0 spiro atoms. The number of ether oxygens (including phenoxy) is 1. The van der Waals surface area contributed by atoms with Gasteiger partial charge < -0.3 is 14.5 Å². The molecule has 0 aromatic carbocycles. The maximum absolute atomic E-state index is 13.0. The van der Waals surface area contributed by atoms with E-state index in [-0.39, 0.29) is 11.9 Å². The molecule has 32 heavy (non-hydrogen) atoms. The second-order valence-corrected chi connectivity index (χ2v) is 9.83. The van der Waals surface area contributed by atoms with Gasteiger partial charge in [0, 0.05) is 11.4 Å². The van der Waals surface area contributed by atoms with Gasteiger partial charge in [-0.25, -0.2) is 4.79 Å². The number of fused-ring (bicyclic) bond motifs is 1. The summed E-state index contributed by atoms with van der Waals surface area (Å²) in [5.41, 5.74) is 1.55. The Morgan fingerprint density at radius 2 is 2.12 bits per heavy atom. The molecule has 1 aliphatic rings. The average Bonchev–Trinajstić information content (AvgIpc) is 3.51. The van der Waals surface area contributed by atoms with Crippen LogP contribution in [0.1, 0.15) is 54.4 Å². The van der Waals surface area contributed by atoms with Crippen molar-refractivity contribution in [3.05, 3.63) is 34.4 Å². The zero-order chi connectivity index (χ0) is 22.7. The van der Waals surface area contributed by atoms with Crippen molar-refractivity contribution in [3.63, 3.8) is 0 Å². The van der Waals surface area contributed by atoms with Gasteiger partial charge in [-0.3, -0.25) is 9.36 Å². The fourth-order valence-corrected chi connectivity index (χ4v) is 5.94. The predicted molar refractivity (Wildman–Crippen MR) is 124 cm³/mol. The Kier molecular flexibility index (Phi) is 7.00. The van der Waals surface area contributed by atoms with Crippen molar-refractivity contribution >= 4 is 40.0 Å². The highest BCUT2D eigenvalue weighted by Crippen LogP contribution is 2.39. The van der Waals surface area contributed by atoms with E-state index in [1.807, 2.05) is 24.5 Å². The Morgan fingerprint density at radius 1 is 1.31 bits per heavy atom. The van der Waals surface area contributed by atoms with Gasteiger partial charge in [-0.1, -0.05) is 11.8 Å². The van der Waals surface area contributed by atoms with Gasteiger partial charge in [0.15, 0.2) is 16.7 Å². The third-order valence-corrected chi connectivity index (χ3v) is 7.60. The molecule has 0 bridgehead atoms. The number of aryl methyl sites for hydroxylation is 1. The highest BCUT2D eigenvalue weighted by molar-refractivity contribution is 8.00. The highest BCUT2D eigenvalue weighted by Gasteiger charge is 2.29. The maximum Gasteiger partial charge on any atom is 0.341 e. The number of nitrogens with one attached hydrogen (secondary N) is 1. The summed E-state index contributed by atoms with van der Waals surface area (Å²) < 4.78 is 12.6. The highest BCUT2D eigenvalue weighted by atomic mass is 32.2. The Hall–Kier alpha value is -2.59. The molecule has 10 heteroatoms. The summed E-state index contributed by atoms with van der Waals surface area (Å²) in [6.07, 6.45) is 5.51. The summed E-state index contributed by atoms with van der Waals surface area (Å²) in [7, 11) is 0. The van der Waals surface area contributed by atoms with Crippen LogP contribution in [-0.4, -0.2) is 38.5 Å². The number of esters is 1. The zero-order valence-corrected chi connectivity index (χ0v) is 20.0. The lowest BCUT2D eigenvalue weighted by atomic mass is 9.95. The van der Waals surface area contributed by atoms with Crippen LogP contribution >= 0.6 is 23.1 Å².